The van der Waals surface area contributed by atoms with Crippen LogP contribution in [0.3, 0.4) is 0 Å². The number of nitrogens with zero attached hydrogens (tertiary/aromatic N) is 1. The number of amidine groups is 1. The van der Waals surface area contributed by atoms with Crippen LogP contribution in [-0.2, 0) is 0 Å². The van der Waals surface area contributed by atoms with Crippen molar-refractivity contribution in [3.05, 3.63) is 35.9 Å². The summed E-state index contributed by atoms with van der Waals surface area (Å²) in [5.74, 6) is 0. The molecule has 0 fully saturated rings. The molecular formula is C11H15ClN2S. The largest absolute Gasteiger partial charge is 0.379 e. The highest BCUT2D eigenvalue weighted by atomic mass is 35.5. The van der Waals surface area contributed by atoms with Gasteiger partial charge in [-0.05, 0) is 12.0 Å². The number of nitrogens with two attached hydrogens (primary N) is 1. The zero-order chi connectivity index (χ0) is 9.97. The summed E-state index contributed by atoms with van der Waals surface area (Å²) in [7, 11) is 0. The van der Waals surface area contributed by atoms with Crippen LogP contribution in [0.4, 0.5) is 0 Å². The molecule has 0 bridgehead atoms. The van der Waals surface area contributed by atoms with Crippen LogP contribution in [0.15, 0.2) is 35.3 Å². The molecule has 0 saturated heterocycles. The normalized spacial score (nSPS) is 24.5. The van der Waals surface area contributed by atoms with Gasteiger partial charge in [0.15, 0.2) is 5.17 Å². The van der Waals surface area contributed by atoms with Crippen molar-refractivity contribution in [2.45, 2.75) is 24.6 Å². The van der Waals surface area contributed by atoms with Gasteiger partial charge in [0, 0.05) is 5.25 Å². The van der Waals surface area contributed by atoms with E-state index in [2.05, 4.69) is 36.2 Å². The number of thioether (sulfide) groups is 1. The maximum atomic E-state index is 5.74. The number of hydrogen-bond donors (Lipinski definition) is 1. The van der Waals surface area contributed by atoms with Crippen LogP contribution in [-0.4, -0.2) is 10.4 Å². The number of aliphatic imine (C=N–C) groups is 1. The molecule has 2 unspecified atom stereocenters. The zero-order valence-corrected chi connectivity index (χ0v) is 10.2. The van der Waals surface area contributed by atoms with E-state index in [4.69, 9.17) is 5.73 Å². The molecule has 1 heterocycles. The molecule has 0 saturated carbocycles. The van der Waals surface area contributed by atoms with Gasteiger partial charge in [-0.2, -0.15) is 0 Å². The van der Waals surface area contributed by atoms with Crippen molar-refractivity contribution in [2.75, 3.05) is 0 Å². The standard InChI is InChI=1S/C11H14N2S.ClH/c1-2-9-10(13-11(12)14-9)8-6-4-3-5-7-8;/h3-7,9-10H,2H2,1H3,(H2,12,13);1H. The summed E-state index contributed by atoms with van der Waals surface area (Å²) in [4.78, 5) is 4.47. The molecule has 1 aromatic rings. The first kappa shape index (κ1) is 12.4. The van der Waals surface area contributed by atoms with E-state index < -0.39 is 0 Å². The lowest BCUT2D eigenvalue weighted by Gasteiger charge is -2.14. The second-order valence-corrected chi connectivity index (χ2v) is 4.65. The summed E-state index contributed by atoms with van der Waals surface area (Å²) < 4.78 is 0. The van der Waals surface area contributed by atoms with Crippen molar-refractivity contribution in [2.24, 2.45) is 10.7 Å². The SMILES string of the molecule is CCC1SC(N)=NC1c1ccccc1.Cl. The predicted molar refractivity (Wildman–Crippen MR) is 69.7 cm³/mol. The van der Waals surface area contributed by atoms with E-state index in [0.29, 0.717) is 5.25 Å². The maximum Gasteiger partial charge on any atom is 0.154 e. The Kier molecular flexibility index (Phi) is 4.48. The minimum Gasteiger partial charge on any atom is -0.379 e. The molecule has 1 aliphatic rings. The van der Waals surface area contributed by atoms with Crippen molar-refractivity contribution in [3.63, 3.8) is 0 Å². The first-order valence-electron chi connectivity index (χ1n) is 4.86. The van der Waals surface area contributed by atoms with Crippen LogP contribution in [0.2, 0.25) is 0 Å². The zero-order valence-electron chi connectivity index (χ0n) is 8.59. The minimum absolute atomic E-state index is 0. The van der Waals surface area contributed by atoms with Gasteiger partial charge in [-0.25, -0.2) is 0 Å². The Hall–Kier alpha value is -0.670. The highest BCUT2D eigenvalue weighted by molar-refractivity contribution is 8.14. The molecule has 4 heteroatoms. The predicted octanol–water partition coefficient (Wildman–Crippen LogP) is 2.99. The topological polar surface area (TPSA) is 38.4 Å². The van der Waals surface area contributed by atoms with Crippen molar-refractivity contribution in [1.82, 2.24) is 0 Å². The molecule has 82 valence electrons. The van der Waals surface area contributed by atoms with Crippen LogP contribution in [0.25, 0.3) is 0 Å². The Balaban J connectivity index is 0.00000112. The summed E-state index contributed by atoms with van der Waals surface area (Å²) in [6, 6.07) is 10.6. The lowest BCUT2D eigenvalue weighted by atomic mass is 10.0. The summed E-state index contributed by atoms with van der Waals surface area (Å²) in [5.41, 5.74) is 7.01. The lowest BCUT2D eigenvalue weighted by Crippen LogP contribution is -2.08. The fourth-order valence-electron chi connectivity index (χ4n) is 1.72. The number of halogens is 1. The summed E-state index contributed by atoms with van der Waals surface area (Å²) >= 11 is 1.70. The number of benzene rings is 1. The maximum absolute atomic E-state index is 5.74. The molecule has 2 nitrogen and oxygen atoms in total. The molecule has 0 aliphatic carbocycles. The van der Waals surface area contributed by atoms with Crippen LogP contribution >= 0.6 is 24.2 Å². The molecule has 2 rings (SSSR count). The molecule has 1 aromatic carbocycles. The van der Waals surface area contributed by atoms with E-state index in [9.17, 15) is 0 Å². The fourth-order valence-corrected chi connectivity index (χ4v) is 2.71. The van der Waals surface area contributed by atoms with Gasteiger partial charge in [0.05, 0.1) is 6.04 Å². The Morgan fingerprint density at radius 1 is 1.33 bits per heavy atom. The van der Waals surface area contributed by atoms with E-state index in [-0.39, 0.29) is 18.4 Å². The van der Waals surface area contributed by atoms with Gasteiger partial charge in [0.25, 0.3) is 0 Å². The van der Waals surface area contributed by atoms with Gasteiger partial charge in [0.1, 0.15) is 0 Å². The van der Waals surface area contributed by atoms with Gasteiger partial charge in [-0.3, -0.25) is 4.99 Å². The minimum atomic E-state index is 0. The molecule has 0 aromatic heterocycles. The smallest absolute Gasteiger partial charge is 0.154 e. The molecule has 2 N–H and O–H groups in total. The van der Waals surface area contributed by atoms with Gasteiger partial charge in [-0.1, -0.05) is 49.0 Å². The average Bonchev–Trinajstić information content (AvgIpc) is 2.61. The van der Waals surface area contributed by atoms with Crippen molar-refractivity contribution < 1.29 is 0 Å². The van der Waals surface area contributed by atoms with Crippen molar-refractivity contribution >= 4 is 29.3 Å². The molecule has 1 aliphatic heterocycles. The third-order valence-corrected chi connectivity index (χ3v) is 3.67. The van der Waals surface area contributed by atoms with Gasteiger partial charge in [0.2, 0.25) is 0 Å². The van der Waals surface area contributed by atoms with Crippen molar-refractivity contribution in [1.29, 1.82) is 0 Å². The average molecular weight is 243 g/mol. The molecule has 2 atom stereocenters. The highest BCUT2D eigenvalue weighted by Gasteiger charge is 2.28. The van der Waals surface area contributed by atoms with Gasteiger partial charge < -0.3 is 5.73 Å². The van der Waals surface area contributed by atoms with Gasteiger partial charge >= 0.3 is 0 Å². The van der Waals surface area contributed by atoms with E-state index in [1.807, 2.05) is 6.07 Å². The summed E-state index contributed by atoms with van der Waals surface area (Å²) in [5, 5.41) is 1.24. The van der Waals surface area contributed by atoms with Gasteiger partial charge in [-0.15, -0.1) is 12.4 Å². The highest BCUT2D eigenvalue weighted by Crippen LogP contribution is 2.37. The summed E-state index contributed by atoms with van der Waals surface area (Å²) in [6.45, 7) is 2.18. The Labute approximate surface area is 101 Å². The van der Waals surface area contributed by atoms with Crippen molar-refractivity contribution in [3.8, 4) is 0 Å². The monoisotopic (exact) mass is 242 g/mol. The number of hydrogen-bond acceptors (Lipinski definition) is 3. The van der Waals surface area contributed by atoms with E-state index >= 15 is 0 Å². The molecular weight excluding hydrogens is 228 g/mol. The summed E-state index contributed by atoms with van der Waals surface area (Å²) in [6.07, 6.45) is 1.11. The fraction of sp³-hybridized carbons (Fsp3) is 0.364. The van der Waals surface area contributed by atoms with E-state index in [1.165, 1.54) is 5.56 Å². The first-order chi connectivity index (χ1) is 6.81. The van der Waals surface area contributed by atoms with Crippen LogP contribution in [0.1, 0.15) is 24.9 Å². The first-order valence-corrected chi connectivity index (χ1v) is 5.74. The molecule has 0 spiro atoms. The van der Waals surface area contributed by atoms with Crippen LogP contribution in [0.5, 0.6) is 0 Å². The van der Waals surface area contributed by atoms with E-state index in [0.717, 1.165) is 11.6 Å². The quantitative estimate of drug-likeness (QED) is 0.866. The Morgan fingerprint density at radius 2 is 2.00 bits per heavy atom. The lowest BCUT2D eigenvalue weighted by molar-refractivity contribution is 0.672. The number of rotatable bonds is 2. The Bertz CT molecular complexity index is 340. The van der Waals surface area contributed by atoms with E-state index in [1.54, 1.807) is 11.8 Å². The second-order valence-electron chi connectivity index (χ2n) is 3.39. The third kappa shape index (κ3) is 2.67. The molecule has 0 amide bonds. The molecule has 0 radical (unpaired) electrons. The second kappa shape index (κ2) is 5.42. The Morgan fingerprint density at radius 3 is 2.60 bits per heavy atom. The van der Waals surface area contributed by atoms with Crippen LogP contribution < -0.4 is 5.73 Å². The third-order valence-electron chi connectivity index (χ3n) is 2.43. The van der Waals surface area contributed by atoms with Crippen LogP contribution in [0, 0.1) is 0 Å². The molecule has 15 heavy (non-hydrogen) atoms.